The fourth-order valence-corrected chi connectivity index (χ4v) is 2.51. The number of rotatable bonds is 5. The Kier molecular flexibility index (Phi) is 4.86. The number of aryl methyl sites for hydroxylation is 1. The Labute approximate surface area is 127 Å². The molecule has 0 aliphatic rings. The Morgan fingerprint density at radius 1 is 1.14 bits per heavy atom. The summed E-state index contributed by atoms with van der Waals surface area (Å²) in [5, 5.41) is 13.6. The molecule has 0 bridgehead atoms. The van der Waals surface area contributed by atoms with Crippen LogP contribution in [0.15, 0.2) is 42.5 Å². The molecule has 2 aromatic carbocycles. The van der Waals surface area contributed by atoms with Crippen molar-refractivity contribution in [2.24, 2.45) is 0 Å². The van der Waals surface area contributed by atoms with E-state index < -0.39 is 0 Å². The van der Waals surface area contributed by atoms with E-state index in [4.69, 9.17) is 0 Å². The van der Waals surface area contributed by atoms with Crippen molar-refractivity contribution in [2.45, 2.75) is 26.8 Å². The topological polar surface area (TPSA) is 35.5 Å². The number of nitrogens with zero attached hydrogens (tertiary/aromatic N) is 1. The largest absolute Gasteiger partial charge is 0.508 e. The highest BCUT2D eigenvalue weighted by atomic mass is 16.3. The van der Waals surface area contributed by atoms with Gasteiger partial charge >= 0.3 is 0 Å². The maximum atomic E-state index is 10.3. The van der Waals surface area contributed by atoms with Gasteiger partial charge in [-0.1, -0.05) is 25.1 Å². The third-order valence-electron chi connectivity index (χ3n) is 3.77. The van der Waals surface area contributed by atoms with E-state index in [9.17, 15) is 5.11 Å². The molecule has 0 amide bonds. The zero-order valence-electron chi connectivity index (χ0n) is 13.2. The van der Waals surface area contributed by atoms with Gasteiger partial charge in [0, 0.05) is 36.1 Å². The van der Waals surface area contributed by atoms with Crippen molar-refractivity contribution in [3.63, 3.8) is 0 Å². The number of hydrogen-bond acceptors (Lipinski definition) is 3. The van der Waals surface area contributed by atoms with Crippen LogP contribution >= 0.6 is 0 Å². The van der Waals surface area contributed by atoms with Gasteiger partial charge in [-0.2, -0.15) is 0 Å². The van der Waals surface area contributed by atoms with Gasteiger partial charge in [-0.15, -0.1) is 0 Å². The summed E-state index contributed by atoms with van der Waals surface area (Å²) in [4.78, 5) is 2.08. The van der Waals surface area contributed by atoms with Gasteiger partial charge in [0.25, 0.3) is 0 Å². The van der Waals surface area contributed by atoms with Gasteiger partial charge in [0.1, 0.15) is 5.75 Å². The van der Waals surface area contributed by atoms with Crippen molar-refractivity contribution in [1.82, 2.24) is 5.32 Å². The number of benzene rings is 2. The molecule has 1 unspecified atom stereocenters. The SMILES string of the molecule is CCNC(C)c1ccc(N(C)c2cccc(C)c2)cc1O. The van der Waals surface area contributed by atoms with Crippen LogP contribution in [0.1, 0.15) is 31.0 Å². The van der Waals surface area contributed by atoms with E-state index in [1.807, 2.05) is 31.3 Å². The lowest BCUT2D eigenvalue weighted by atomic mass is 10.1. The molecule has 3 nitrogen and oxygen atoms in total. The molecule has 1 atom stereocenters. The summed E-state index contributed by atoms with van der Waals surface area (Å²) >= 11 is 0. The average molecular weight is 284 g/mol. The Hall–Kier alpha value is -2.00. The van der Waals surface area contributed by atoms with Crippen LogP contribution in [-0.4, -0.2) is 18.7 Å². The minimum absolute atomic E-state index is 0.147. The first kappa shape index (κ1) is 15.4. The molecule has 0 aromatic heterocycles. The van der Waals surface area contributed by atoms with Gasteiger partial charge in [-0.3, -0.25) is 0 Å². The number of phenolic OH excluding ortho intramolecular Hbond substituents is 1. The minimum Gasteiger partial charge on any atom is -0.508 e. The minimum atomic E-state index is 0.147. The molecule has 0 aliphatic carbocycles. The number of aromatic hydroxyl groups is 1. The van der Waals surface area contributed by atoms with Crippen LogP contribution in [0.3, 0.4) is 0 Å². The highest BCUT2D eigenvalue weighted by molar-refractivity contribution is 5.65. The summed E-state index contributed by atoms with van der Waals surface area (Å²) < 4.78 is 0. The van der Waals surface area contributed by atoms with E-state index in [2.05, 4.69) is 49.2 Å². The van der Waals surface area contributed by atoms with Gasteiger partial charge in [0.15, 0.2) is 0 Å². The van der Waals surface area contributed by atoms with Crippen LogP contribution in [-0.2, 0) is 0 Å². The second kappa shape index (κ2) is 6.64. The van der Waals surface area contributed by atoms with Gasteiger partial charge in [-0.25, -0.2) is 0 Å². The Morgan fingerprint density at radius 2 is 1.86 bits per heavy atom. The quantitative estimate of drug-likeness (QED) is 0.866. The lowest BCUT2D eigenvalue weighted by Gasteiger charge is -2.22. The molecule has 2 aromatic rings. The van der Waals surface area contributed by atoms with E-state index in [-0.39, 0.29) is 6.04 Å². The zero-order valence-corrected chi connectivity index (χ0v) is 13.2. The van der Waals surface area contributed by atoms with Crippen molar-refractivity contribution in [3.05, 3.63) is 53.6 Å². The summed E-state index contributed by atoms with van der Waals surface area (Å²) in [6.45, 7) is 7.08. The number of hydrogen-bond donors (Lipinski definition) is 2. The number of nitrogens with one attached hydrogen (secondary N) is 1. The molecule has 0 heterocycles. The van der Waals surface area contributed by atoms with E-state index in [1.165, 1.54) is 5.56 Å². The first-order chi connectivity index (χ1) is 10.0. The van der Waals surface area contributed by atoms with Crippen molar-refractivity contribution < 1.29 is 5.11 Å². The normalized spacial score (nSPS) is 12.2. The smallest absolute Gasteiger partial charge is 0.122 e. The van der Waals surface area contributed by atoms with E-state index in [0.29, 0.717) is 5.75 Å². The molecule has 0 saturated heterocycles. The molecule has 0 saturated carbocycles. The fraction of sp³-hybridized carbons (Fsp3) is 0.333. The summed E-state index contributed by atoms with van der Waals surface area (Å²) in [6.07, 6.45) is 0. The Bertz CT molecular complexity index is 610. The lowest BCUT2D eigenvalue weighted by molar-refractivity contribution is 0.455. The summed E-state index contributed by atoms with van der Waals surface area (Å²) in [6, 6.07) is 14.3. The van der Waals surface area contributed by atoms with Crippen molar-refractivity contribution in [2.75, 3.05) is 18.5 Å². The van der Waals surface area contributed by atoms with Crippen molar-refractivity contribution in [3.8, 4) is 5.75 Å². The van der Waals surface area contributed by atoms with Crippen LogP contribution < -0.4 is 10.2 Å². The standard InChI is InChI=1S/C18H24N2O/c1-5-19-14(3)17-10-9-16(12-18(17)21)20(4)15-8-6-7-13(2)11-15/h6-12,14,19,21H,5H2,1-4H3. The summed E-state index contributed by atoms with van der Waals surface area (Å²) in [5.41, 5.74) is 4.24. The van der Waals surface area contributed by atoms with Crippen LogP contribution in [0, 0.1) is 6.92 Å². The third kappa shape index (κ3) is 3.56. The molecular formula is C18H24N2O. The van der Waals surface area contributed by atoms with Crippen LogP contribution in [0.2, 0.25) is 0 Å². The van der Waals surface area contributed by atoms with Crippen LogP contribution in [0.25, 0.3) is 0 Å². The van der Waals surface area contributed by atoms with Crippen LogP contribution in [0.5, 0.6) is 5.75 Å². The van der Waals surface area contributed by atoms with Gasteiger partial charge in [0.05, 0.1) is 0 Å². The van der Waals surface area contributed by atoms with Crippen molar-refractivity contribution in [1.29, 1.82) is 0 Å². The summed E-state index contributed by atoms with van der Waals surface area (Å²) in [5.74, 6) is 0.334. The highest BCUT2D eigenvalue weighted by Crippen LogP contribution is 2.31. The zero-order chi connectivity index (χ0) is 15.4. The lowest BCUT2D eigenvalue weighted by Crippen LogP contribution is -2.18. The van der Waals surface area contributed by atoms with Gasteiger partial charge in [-0.05, 0) is 44.2 Å². The molecule has 112 valence electrons. The predicted octanol–water partition coefficient (Wildman–Crippen LogP) is 4.14. The molecular weight excluding hydrogens is 260 g/mol. The first-order valence-electron chi connectivity index (χ1n) is 7.39. The molecule has 0 fully saturated rings. The third-order valence-corrected chi connectivity index (χ3v) is 3.77. The van der Waals surface area contributed by atoms with Gasteiger partial charge in [0.2, 0.25) is 0 Å². The average Bonchev–Trinajstić information content (AvgIpc) is 2.46. The molecule has 0 radical (unpaired) electrons. The first-order valence-corrected chi connectivity index (χ1v) is 7.39. The molecule has 2 rings (SSSR count). The second-order valence-electron chi connectivity index (χ2n) is 5.42. The van der Waals surface area contributed by atoms with E-state index in [1.54, 1.807) is 0 Å². The summed E-state index contributed by atoms with van der Waals surface area (Å²) in [7, 11) is 2.01. The number of anilines is 2. The van der Waals surface area contributed by atoms with E-state index in [0.717, 1.165) is 23.5 Å². The Morgan fingerprint density at radius 3 is 2.48 bits per heavy atom. The second-order valence-corrected chi connectivity index (χ2v) is 5.42. The van der Waals surface area contributed by atoms with Crippen LogP contribution in [0.4, 0.5) is 11.4 Å². The van der Waals surface area contributed by atoms with E-state index >= 15 is 0 Å². The Balaban J connectivity index is 2.27. The maximum Gasteiger partial charge on any atom is 0.122 e. The fourth-order valence-electron chi connectivity index (χ4n) is 2.51. The molecule has 2 N–H and O–H groups in total. The van der Waals surface area contributed by atoms with Gasteiger partial charge < -0.3 is 15.3 Å². The molecule has 3 heteroatoms. The predicted molar refractivity (Wildman–Crippen MR) is 89.4 cm³/mol. The van der Waals surface area contributed by atoms with Crippen molar-refractivity contribution >= 4 is 11.4 Å². The number of phenols is 1. The molecule has 0 aliphatic heterocycles. The molecule has 0 spiro atoms. The monoisotopic (exact) mass is 284 g/mol. The maximum absolute atomic E-state index is 10.3. The molecule has 21 heavy (non-hydrogen) atoms. The highest BCUT2D eigenvalue weighted by Gasteiger charge is 2.12.